The normalized spacial score (nSPS) is 15.0. The largest absolute Gasteiger partial charge is 0.484 e. The van der Waals surface area contributed by atoms with Crippen LogP contribution in [0.3, 0.4) is 0 Å². The number of carbonyl (C=O) groups is 2. The van der Waals surface area contributed by atoms with Gasteiger partial charge in [0, 0.05) is 5.56 Å². The molecule has 1 aliphatic rings. The SMILES string of the molecule is Cc1cccc(C2=NC(=Cc3ccc(OCC(N)=O)cc3)C(=O)O2)c1. The predicted molar refractivity (Wildman–Crippen MR) is 92.9 cm³/mol. The molecule has 2 aromatic carbocycles. The minimum Gasteiger partial charge on any atom is -0.484 e. The summed E-state index contributed by atoms with van der Waals surface area (Å²) in [5, 5.41) is 0. The number of nitrogens with two attached hydrogens (primary N) is 1. The number of esters is 1. The van der Waals surface area contributed by atoms with Crippen molar-refractivity contribution in [1.29, 1.82) is 0 Å². The van der Waals surface area contributed by atoms with Crippen LogP contribution in [0.5, 0.6) is 5.75 Å². The number of cyclic esters (lactones) is 1. The molecule has 0 radical (unpaired) electrons. The summed E-state index contributed by atoms with van der Waals surface area (Å²) in [7, 11) is 0. The topological polar surface area (TPSA) is 91.0 Å². The number of ether oxygens (including phenoxy) is 2. The van der Waals surface area contributed by atoms with Crippen molar-refractivity contribution in [2.75, 3.05) is 6.61 Å². The molecular formula is C19H16N2O4. The van der Waals surface area contributed by atoms with Gasteiger partial charge < -0.3 is 15.2 Å². The first-order chi connectivity index (χ1) is 12.0. The zero-order chi connectivity index (χ0) is 17.8. The van der Waals surface area contributed by atoms with E-state index in [1.165, 1.54) is 0 Å². The van der Waals surface area contributed by atoms with E-state index in [0.29, 0.717) is 11.6 Å². The maximum atomic E-state index is 12.0. The van der Waals surface area contributed by atoms with Gasteiger partial charge in [-0.25, -0.2) is 9.79 Å². The predicted octanol–water partition coefficient (Wildman–Crippen LogP) is 2.20. The first kappa shape index (κ1) is 16.4. The molecule has 3 rings (SSSR count). The minimum atomic E-state index is -0.544. The Hall–Kier alpha value is -3.41. The summed E-state index contributed by atoms with van der Waals surface area (Å²) in [6.07, 6.45) is 1.63. The molecule has 1 aliphatic heterocycles. The van der Waals surface area contributed by atoms with Gasteiger partial charge in [0.25, 0.3) is 5.91 Å². The van der Waals surface area contributed by atoms with Crippen LogP contribution in [0, 0.1) is 6.92 Å². The molecule has 2 N–H and O–H groups in total. The Morgan fingerprint density at radius 1 is 1.24 bits per heavy atom. The molecule has 2 aromatic rings. The van der Waals surface area contributed by atoms with Crippen molar-refractivity contribution >= 4 is 23.9 Å². The van der Waals surface area contributed by atoms with Gasteiger partial charge in [-0.15, -0.1) is 0 Å². The number of aryl methyl sites for hydroxylation is 1. The molecule has 0 unspecified atom stereocenters. The van der Waals surface area contributed by atoms with E-state index < -0.39 is 11.9 Å². The highest BCUT2D eigenvalue weighted by atomic mass is 16.6. The van der Waals surface area contributed by atoms with Gasteiger partial charge in [-0.1, -0.05) is 29.8 Å². The third-order valence-corrected chi connectivity index (χ3v) is 3.45. The quantitative estimate of drug-likeness (QED) is 0.669. The van der Waals surface area contributed by atoms with Crippen LogP contribution in [0.25, 0.3) is 6.08 Å². The highest BCUT2D eigenvalue weighted by Gasteiger charge is 2.24. The van der Waals surface area contributed by atoms with Gasteiger partial charge in [-0.2, -0.15) is 0 Å². The smallest absolute Gasteiger partial charge is 0.363 e. The van der Waals surface area contributed by atoms with Crippen LogP contribution in [0.2, 0.25) is 0 Å². The van der Waals surface area contributed by atoms with Gasteiger partial charge in [0.1, 0.15) is 5.75 Å². The molecule has 0 fully saturated rings. The van der Waals surface area contributed by atoms with Gasteiger partial charge in [0.05, 0.1) is 0 Å². The molecule has 0 saturated heterocycles. The van der Waals surface area contributed by atoms with Crippen LogP contribution >= 0.6 is 0 Å². The van der Waals surface area contributed by atoms with Gasteiger partial charge in [0.2, 0.25) is 5.90 Å². The van der Waals surface area contributed by atoms with Crippen LogP contribution in [0.4, 0.5) is 0 Å². The van der Waals surface area contributed by atoms with Crippen molar-refractivity contribution in [3.8, 4) is 5.75 Å². The Bertz CT molecular complexity index is 883. The zero-order valence-corrected chi connectivity index (χ0v) is 13.6. The van der Waals surface area contributed by atoms with Gasteiger partial charge in [-0.05, 0) is 42.8 Å². The minimum absolute atomic E-state index is 0.184. The summed E-state index contributed by atoms with van der Waals surface area (Å²) in [4.78, 5) is 27.0. The third-order valence-electron chi connectivity index (χ3n) is 3.45. The maximum absolute atomic E-state index is 12.0. The average Bonchev–Trinajstić information content (AvgIpc) is 2.95. The number of nitrogens with zero attached hydrogens (tertiary/aromatic N) is 1. The molecule has 126 valence electrons. The molecule has 0 saturated carbocycles. The summed E-state index contributed by atoms with van der Waals surface area (Å²) < 4.78 is 10.4. The lowest BCUT2D eigenvalue weighted by Gasteiger charge is -2.03. The van der Waals surface area contributed by atoms with Crippen molar-refractivity contribution in [3.05, 3.63) is 70.9 Å². The molecule has 1 amide bonds. The van der Waals surface area contributed by atoms with Crippen molar-refractivity contribution < 1.29 is 19.1 Å². The second kappa shape index (κ2) is 7.00. The number of benzene rings is 2. The van der Waals surface area contributed by atoms with Crippen LogP contribution in [-0.2, 0) is 14.3 Å². The lowest BCUT2D eigenvalue weighted by Crippen LogP contribution is -2.19. The van der Waals surface area contributed by atoms with Crippen molar-refractivity contribution in [3.63, 3.8) is 0 Å². The number of aliphatic imine (C=N–C) groups is 1. The van der Waals surface area contributed by atoms with E-state index in [0.717, 1.165) is 16.7 Å². The van der Waals surface area contributed by atoms with Crippen molar-refractivity contribution in [1.82, 2.24) is 0 Å². The molecule has 0 spiro atoms. The van der Waals surface area contributed by atoms with E-state index in [-0.39, 0.29) is 12.3 Å². The monoisotopic (exact) mass is 336 g/mol. The Kier molecular flexibility index (Phi) is 4.61. The summed E-state index contributed by atoms with van der Waals surface area (Å²) >= 11 is 0. The number of rotatable bonds is 5. The third kappa shape index (κ3) is 4.11. The fraction of sp³-hybridized carbons (Fsp3) is 0.105. The molecule has 25 heavy (non-hydrogen) atoms. The number of primary amides is 1. The lowest BCUT2D eigenvalue weighted by atomic mass is 10.1. The average molecular weight is 336 g/mol. The van der Waals surface area contributed by atoms with Crippen molar-refractivity contribution in [2.45, 2.75) is 6.92 Å². The maximum Gasteiger partial charge on any atom is 0.363 e. The first-order valence-electron chi connectivity index (χ1n) is 7.62. The fourth-order valence-corrected chi connectivity index (χ4v) is 2.28. The number of amides is 1. The Labute approximate surface area is 144 Å². The van der Waals surface area contributed by atoms with Gasteiger partial charge in [-0.3, -0.25) is 4.79 Å². The van der Waals surface area contributed by atoms with E-state index in [1.807, 2.05) is 31.2 Å². The molecule has 0 atom stereocenters. The summed E-state index contributed by atoms with van der Waals surface area (Å²) in [6.45, 7) is 1.77. The molecule has 0 aliphatic carbocycles. The van der Waals surface area contributed by atoms with E-state index in [9.17, 15) is 9.59 Å². The molecule has 0 bridgehead atoms. The fourth-order valence-electron chi connectivity index (χ4n) is 2.28. The van der Waals surface area contributed by atoms with E-state index >= 15 is 0 Å². The molecular weight excluding hydrogens is 320 g/mol. The number of hydrogen-bond donors (Lipinski definition) is 1. The van der Waals surface area contributed by atoms with Crippen LogP contribution in [-0.4, -0.2) is 24.4 Å². The highest BCUT2D eigenvalue weighted by molar-refractivity contribution is 6.12. The number of carbonyl (C=O) groups excluding carboxylic acids is 2. The second-order valence-corrected chi connectivity index (χ2v) is 5.53. The van der Waals surface area contributed by atoms with E-state index in [4.69, 9.17) is 15.2 Å². The standard InChI is InChI=1S/C19H16N2O4/c1-12-3-2-4-14(9-12)18-21-16(19(23)25-18)10-13-5-7-15(8-6-13)24-11-17(20)22/h2-10H,11H2,1H3,(H2,20,22). The number of hydrogen-bond acceptors (Lipinski definition) is 5. The second-order valence-electron chi connectivity index (χ2n) is 5.53. The first-order valence-corrected chi connectivity index (χ1v) is 7.62. The molecule has 1 heterocycles. The van der Waals surface area contributed by atoms with Gasteiger partial charge >= 0.3 is 5.97 Å². The molecule has 0 aromatic heterocycles. The Balaban J connectivity index is 1.78. The van der Waals surface area contributed by atoms with Crippen LogP contribution < -0.4 is 10.5 Å². The summed E-state index contributed by atoms with van der Waals surface area (Å²) in [5.74, 6) is -0.233. The van der Waals surface area contributed by atoms with Crippen LogP contribution in [0.15, 0.2) is 59.2 Å². The zero-order valence-electron chi connectivity index (χ0n) is 13.6. The van der Waals surface area contributed by atoms with Gasteiger partial charge in [0.15, 0.2) is 12.3 Å². The van der Waals surface area contributed by atoms with E-state index in [2.05, 4.69) is 4.99 Å². The molecule has 6 nitrogen and oxygen atoms in total. The summed E-state index contributed by atoms with van der Waals surface area (Å²) in [5.41, 5.74) is 7.82. The molecule has 6 heteroatoms. The van der Waals surface area contributed by atoms with Crippen LogP contribution in [0.1, 0.15) is 16.7 Å². The Morgan fingerprint density at radius 2 is 2.00 bits per heavy atom. The summed E-state index contributed by atoms with van der Waals surface area (Å²) in [6, 6.07) is 14.4. The van der Waals surface area contributed by atoms with Crippen molar-refractivity contribution in [2.24, 2.45) is 10.7 Å². The van der Waals surface area contributed by atoms with E-state index in [1.54, 1.807) is 30.3 Å². The Morgan fingerprint density at radius 3 is 2.68 bits per heavy atom. The highest BCUT2D eigenvalue weighted by Crippen LogP contribution is 2.21. The lowest BCUT2D eigenvalue weighted by molar-refractivity contribution is -0.130.